The summed E-state index contributed by atoms with van der Waals surface area (Å²) < 4.78 is 4.59. The van der Waals surface area contributed by atoms with Crippen molar-refractivity contribution in [3.05, 3.63) is 35.9 Å². The first-order valence-electron chi connectivity index (χ1n) is 5.01. The quantitative estimate of drug-likeness (QED) is 0.671. The number of fused-ring (bicyclic) bond motifs is 1. The Bertz CT molecular complexity index is 565. The number of amides is 1. The summed E-state index contributed by atoms with van der Waals surface area (Å²) in [5, 5.41) is 7.41. The molecular formula is C11H9N3O2. The Kier molecular flexibility index (Phi) is 1.96. The fourth-order valence-electron chi connectivity index (χ4n) is 1.74. The second kappa shape index (κ2) is 3.44. The van der Waals surface area contributed by atoms with Crippen molar-refractivity contribution in [2.24, 2.45) is 0 Å². The average molecular weight is 215 g/mol. The molecular weight excluding hydrogens is 206 g/mol. The molecule has 0 radical (unpaired) electrons. The number of carbonyl (C=O) groups excluding carboxylic acids is 1. The number of hydrogen-bond acceptors (Lipinski definition) is 4. The summed E-state index contributed by atoms with van der Waals surface area (Å²) in [6.07, 6.45) is 3.96. The summed E-state index contributed by atoms with van der Waals surface area (Å²) in [6, 6.07) is 5.18. The summed E-state index contributed by atoms with van der Waals surface area (Å²) in [5.41, 5.74) is 1.89. The largest absolute Gasteiger partial charge is 0.331 e. The van der Waals surface area contributed by atoms with E-state index in [-0.39, 0.29) is 5.91 Å². The highest BCUT2D eigenvalue weighted by molar-refractivity contribution is 5.97. The molecule has 2 aromatic rings. The van der Waals surface area contributed by atoms with Crippen molar-refractivity contribution in [2.75, 3.05) is 13.1 Å². The molecule has 0 atom stereocenters. The van der Waals surface area contributed by atoms with Crippen LogP contribution in [-0.4, -0.2) is 34.2 Å². The third-order valence-electron chi connectivity index (χ3n) is 2.61. The van der Waals surface area contributed by atoms with Gasteiger partial charge in [0.05, 0.1) is 0 Å². The molecule has 1 amide bonds. The standard InChI is InChI=1S/C11H9N3O2/c15-11(14-5-1-2-6-14)8-3-4-9-10(7-8)13-16-12-9/h1-4,7H,5-6H2. The first-order chi connectivity index (χ1) is 7.84. The third kappa shape index (κ3) is 1.37. The minimum absolute atomic E-state index is 0.00917. The fourth-order valence-corrected chi connectivity index (χ4v) is 1.74. The fraction of sp³-hybridized carbons (Fsp3) is 0.182. The van der Waals surface area contributed by atoms with Crippen LogP contribution in [0.15, 0.2) is 35.0 Å². The van der Waals surface area contributed by atoms with E-state index in [4.69, 9.17) is 0 Å². The van der Waals surface area contributed by atoms with E-state index in [0.717, 1.165) is 0 Å². The van der Waals surface area contributed by atoms with Crippen LogP contribution in [0.2, 0.25) is 0 Å². The highest BCUT2D eigenvalue weighted by Crippen LogP contribution is 2.14. The van der Waals surface area contributed by atoms with E-state index >= 15 is 0 Å². The minimum Gasteiger partial charge on any atom is -0.331 e. The number of aromatic nitrogens is 2. The smallest absolute Gasteiger partial charge is 0.254 e. The van der Waals surface area contributed by atoms with Gasteiger partial charge in [0.2, 0.25) is 0 Å². The Morgan fingerprint density at radius 1 is 1.19 bits per heavy atom. The lowest BCUT2D eigenvalue weighted by Crippen LogP contribution is -2.28. The molecule has 0 bridgehead atoms. The predicted octanol–water partition coefficient (Wildman–Crippen LogP) is 1.23. The average Bonchev–Trinajstić information content (AvgIpc) is 2.98. The van der Waals surface area contributed by atoms with Gasteiger partial charge in [-0.15, -0.1) is 0 Å². The van der Waals surface area contributed by atoms with Crippen molar-refractivity contribution in [1.82, 2.24) is 15.2 Å². The molecule has 0 fully saturated rings. The first-order valence-corrected chi connectivity index (χ1v) is 5.01. The Labute approximate surface area is 91.3 Å². The molecule has 16 heavy (non-hydrogen) atoms. The van der Waals surface area contributed by atoms with Gasteiger partial charge in [-0.3, -0.25) is 4.79 Å². The maximum atomic E-state index is 12.0. The van der Waals surface area contributed by atoms with Gasteiger partial charge in [-0.2, -0.15) is 0 Å². The van der Waals surface area contributed by atoms with Gasteiger partial charge >= 0.3 is 0 Å². The normalized spacial score (nSPS) is 14.9. The van der Waals surface area contributed by atoms with Crippen LogP contribution in [0.5, 0.6) is 0 Å². The molecule has 80 valence electrons. The molecule has 5 heteroatoms. The first kappa shape index (κ1) is 9.08. The number of benzene rings is 1. The molecule has 2 heterocycles. The SMILES string of the molecule is O=C(c1ccc2nonc2c1)N1CC=CC1. The molecule has 0 aliphatic carbocycles. The van der Waals surface area contributed by atoms with E-state index in [1.807, 2.05) is 12.2 Å². The molecule has 3 rings (SSSR count). The van der Waals surface area contributed by atoms with Gasteiger partial charge in [-0.05, 0) is 28.5 Å². The summed E-state index contributed by atoms with van der Waals surface area (Å²) in [6.45, 7) is 1.35. The summed E-state index contributed by atoms with van der Waals surface area (Å²) >= 11 is 0. The van der Waals surface area contributed by atoms with Gasteiger partial charge in [-0.25, -0.2) is 4.63 Å². The second-order valence-corrected chi connectivity index (χ2v) is 3.65. The Morgan fingerprint density at radius 2 is 1.94 bits per heavy atom. The lowest BCUT2D eigenvalue weighted by Gasteiger charge is -2.14. The highest BCUT2D eigenvalue weighted by atomic mass is 16.6. The van der Waals surface area contributed by atoms with Crippen molar-refractivity contribution in [3.63, 3.8) is 0 Å². The summed E-state index contributed by atoms with van der Waals surface area (Å²) in [7, 11) is 0. The van der Waals surface area contributed by atoms with Crippen molar-refractivity contribution in [2.45, 2.75) is 0 Å². The van der Waals surface area contributed by atoms with E-state index in [0.29, 0.717) is 29.7 Å². The molecule has 0 spiro atoms. The van der Waals surface area contributed by atoms with Crippen molar-refractivity contribution in [1.29, 1.82) is 0 Å². The molecule has 0 N–H and O–H groups in total. The van der Waals surface area contributed by atoms with Crippen LogP contribution in [-0.2, 0) is 0 Å². The van der Waals surface area contributed by atoms with Gasteiger partial charge in [0.1, 0.15) is 11.0 Å². The summed E-state index contributed by atoms with van der Waals surface area (Å²) in [4.78, 5) is 13.8. The number of carbonyl (C=O) groups is 1. The molecule has 5 nitrogen and oxygen atoms in total. The van der Waals surface area contributed by atoms with E-state index in [1.54, 1.807) is 23.1 Å². The van der Waals surface area contributed by atoms with E-state index in [9.17, 15) is 4.79 Å². The Morgan fingerprint density at radius 3 is 2.75 bits per heavy atom. The number of rotatable bonds is 1. The van der Waals surface area contributed by atoms with Crippen molar-refractivity contribution < 1.29 is 9.42 Å². The molecule has 1 aromatic carbocycles. The monoisotopic (exact) mass is 215 g/mol. The van der Waals surface area contributed by atoms with Gasteiger partial charge in [-0.1, -0.05) is 12.2 Å². The van der Waals surface area contributed by atoms with Gasteiger partial charge in [0, 0.05) is 18.7 Å². The zero-order chi connectivity index (χ0) is 11.0. The molecule has 1 aromatic heterocycles. The molecule has 0 unspecified atom stereocenters. The van der Waals surface area contributed by atoms with Crippen LogP contribution in [0, 0.1) is 0 Å². The van der Waals surface area contributed by atoms with Crippen molar-refractivity contribution in [3.8, 4) is 0 Å². The molecule has 0 saturated heterocycles. The van der Waals surface area contributed by atoms with Crippen LogP contribution in [0.4, 0.5) is 0 Å². The second-order valence-electron chi connectivity index (χ2n) is 3.65. The van der Waals surface area contributed by atoms with Gasteiger partial charge < -0.3 is 4.90 Å². The Hall–Kier alpha value is -2.17. The van der Waals surface area contributed by atoms with Crippen molar-refractivity contribution >= 4 is 16.9 Å². The van der Waals surface area contributed by atoms with E-state index < -0.39 is 0 Å². The summed E-state index contributed by atoms with van der Waals surface area (Å²) in [5.74, 6) is 0.00917. The zero-order valence-corrected chi connectivity index (χ0v) is 8.46. The topological polar surface area (TPSA) is 59.2 Å². The highest BCUT2D eigenvalue weighted by Gasteiger charge is 2.17. The lowest BCUT2D eigenvalue weighted by atomic mass is 10.2. The maximum Gasteiger partial charge on any atom is 0.254 e. The van der Waals surface area contributed by atoms with Crippen LogP contribution in [0.1, 0.15) is 10.4 Å². The minimum atomic E-state index is 0.00917. The third-order valence-corrected chi connectivity index (χ3v) is 2.61. The number of hydrogen-bond donors (Lipinski definition) is 0. The zero-order valence-electron chi connectivity index (χ0n) is 8.46. The molecule has 1 aliphatic rings. The van der Waals surface area contributed by atoms with Gasteiger partial charge in [0.15, 0.2) is 0 Å². The maximum absolute atomic E-state index is 12.0. The van der Waals surface area contributed by atoms with Crippen LogP contribution in [0.25, 0.3) is 11.0 Å². The van der Waals surface area contributed by atoms with Crippen LogP contribution >= 0.6 is 0 Å². The van der Waals surface area contributed by atoms with E-state index in [1.165, 1.54) is 0 Å². The van der Waals surface area contributed by atoms with Crippen LogP contribution < -0.4 is 0 Å². The van der Waals surface area contributed by atoms with E-state index in [2.05, 4.69) is 14.9 Å². The number of nitrogens with zero attached hydrogens (tertiary/aromatic N) is 3. The van der Waals surface area contributed by atoms with Crippen LogP contribution in [0.3, 0.4) is 0 Å². The molecule has 1 aliphatic heterocycles. The lowest BCUT2D eigenvalue weighted by molar-refractivity contribution is 0.0800. The van der Waals surface area contributed by atoms with Gasteiger partial charge in [0.25, 0.3) is 5.91 Å². The molecule has 0 saturated carbocycles. The Balaban J connectivity index is 1.95. The predicted molar refractivity (Wildman–Crippen MR) is 56.8 cm³/mol.